The van der Waals surface area contributed by atoms with Crippen molar-refractivity contribution in [2.45, 2.75) is 45.3 Å². The molecule has 1 N–H and O–H groups in total. The summed E-state index contributed by atoms with van der Waals surface area (Å²) in [6.45, 7) is 8.17. The van der Waals surface area contributed by atoms with Crippen LogP contribution < -0.4 is 5.32 Å². The Balaban J connectivity index is 2.67. The standard InChI is InChI=1S/C13H28N2O2S/c1-11(2)13-6-5-8-15(9-7-13)18(16,17)12(3)10-14-4/h11-14H,5-10H2,1-4H3. The summed E-state index contributed by atoms with van der Waals surface area (Å²) in [4.78, 5) is 0. The summed E-state index contributed by atoms with van der Waals surface area (Å²) in [7, 11) is -1.33. The van der Waals surface area contributed by atoms with Crippen molar-refractivity contribution in [3.05, 3.63) is 0 Å². The van der Waals surface area contributed by atoms with Gasteiger partial charge in [-0.2, -0.15) is 0 Å². The molecule has 0 radical (unpaired) electrons. The molecule has 5 heteroatoms. The minimum absolute atomic E-state index is 0.335. The first-order valence-corrected chi connectivity index (χ1v) is 8.53. The molecule has 0 aromatic carbocycles. The Morgan fingerprint density at radius 2 is 1.89 bits per heavy atom. The van der Waals surface area contributed by atoms with Gasteiger partial charge in [0.1, 0.15) is 0 Å². The molecule has 0 aromatic rings. The summed E-state index contributed by atoms with van der Waals surface area (Å²) < 4.78 is 26.5. The van der Waals surface area contributed by atoms with Gasteiger partial charge in [-0.1, -0.05) is 13.8 Å². The predicted molar refractivity (Wildman–Crippen MR) is 76.1 cm³/mol. The van der Waals surface area contributed by atoms with Gasteiger partial charge in [0.15, 0.2) is 0 Å². The van der Waals surface area contributed by atoms with Crippen molar-refractivity contribution in [2.24, 2.45) is 11.8 Å². The highest BCUT2D eigenvalue weighted by Gasteiger charge is 2.30. The maximum atomic E-state index is 12.4. The molecule has 0 spiro atoms. The Morgan fingerprint density at radius 1 is 1.22 bits per heavy atom. The SMILES string of the molecule is CNCC(C)S(=O)(=O)N1CCCC(C(C)C)CC1. The quantitative estimate of drug-likeness (QED) is 0.831. The van der Waals surface area contributed by atoms with E-state index in [9.17, 15) is 8.42 Å². The van der Waals surface area contributed by atoms with Crippen LogP contribution in [0.2, 0.25) is 0 Å². The van der Waals surface area contributed by atoms with E-state index in [2.05, 4.69) is 19.2 Å². The molecule has 2 unspecified atom stereocenters. The molecule has 1 heterocycles. The average molecular weight is 276 g/mol. The molecule has 18 heavy (non-hydrogen) atoms. The summed E-state index contributed by atoms with van der Waals surface area (Å²) in [5, 5.41) is 2.61. The summed E-state index contributed by atoms with van der Waals surface area (Å²) >= 11 is 0. The first-order chi connectivity index (χ1) is 8.39. The van der Waals surface area contributed by atoms with Crippen molar-refractivity contribution in [1.82, 2.24) is 9.62 Å². The van der Waals surface area contributed by atoms with Crippen LogP contribution in [0, 0.1) is 11.8 Å². The Bertz CT molecular complexity index is 341. The average Bonchev–Trinajstić information content (AvgIpc) is 2.54. The normalized spacial score (nSPS) is 25.1. The Labute approximate surface area is 112 Å². The van der Waals surface area contributed by atoms with Gasteiger partial charge in [-0.15, -0.1) is 0 Å². The van der Waals surface area contributed by atoms with Crippen molar-refractivity contribution >= 4 is 10.0 Å². The van der Waals surface area contributed by atoms with Crippen molar-refractivity contribution in [1.29, 1.82) is 0 Å². The summed E-state index contributed by atoms with van der Waals surface area (Å²) in [6.07, 6.45) is 3.15. The first kappa shape index (κ1) is 15.9. The largest absolute Gasteiger partial charge is 0.318 e. The molecule has 1 aliphatic rings. The lowest BCUT2D eigenvalue weighted by Gasteiger charge is -2.24. The molecule has 108 valence electrons. The van der Waals surface area contributed by atoms with Gasteiger partial charge < -0.3 is 5.32 Å². The van der Waals surface area contributed by atoms with Crippen LogP contribution in [0.15, 0.2) is 0 Å². The minimum Gasteiger partial charge on any atom is -0.318 e. The smallest absolute Gasteiger partial charge is 0.217 e. The Hall–Kier alpha value is -0.130. The van der Waals surface area contributed by atoms with E-state index >= 15 is 0 Å². The molecule has 1 aliphatic heterocycles. The van der Waals surface area contributed by atoms with Crippen LogP contribution in [0.3, 0.4) is 0 Å². The van der Waals surface area contributed by atoms with E-state index in [-0.39, 0.29) is 5.25 Å². The number of nitrogens with zero attached hydrogens (tertiary/aromatic N) is 1. The minimum atomic E-state index is -3.13. The van der Waals surface area contributed by atoms with Gasteiger partial charge in [0, 0.05) is 19.6 Å². The van der Waals surface area contributed by atoms with E-state index in [1.54, 1.807) is 18.3 Å². The van der Waals surface area contributed by atoms with Crippen LogP contribution >= 0.6 is 0 Å². The zero-order valence-electron chi connectivity index (χ0n) is 12.1. The molecule has 4 nitrogen and oxygen atoms in total. The zero-order chi connectivity index (χ0) is 13.8. The zero-order valence-corrected chi connectivity index (χ0v) is 13.0. The van der Waals surface area contributed by atoms with E-state index in [0.29, 0.717) is 31.5 Å². The maximum Gasteiger partial charge on any atom is 0.217 e. The van der Waals surface area contributed by atoms with E-state index in [0.717, 1.165) is 19.3 Å². The number of hydrogen-bond acceptors (Lipinski definition) is 3. The topological polar surface area (TPSA) is 49.4 Å². The highest BCUT2D eigenvalue weighted by atomic mass is 32.2. The van der Waals surface area contributed by atoms with Gasteiger partial charge in [0.25, 0.3) is 0 Å². The van der Waals surface area contributed by atoms with Crippen LogP contribution in [0.5, 0.6) is 0 Å². The van der Waals surface area contributed by atoms with Gasteiger partial charge in [0.05, 0.1) is 5.25 Å². The molecule has 0 aromatic heterocycles. The van der Waals surface area contributed by atoms with Gasteiger partial charge >= 0.3 is 0 Å². The van der Waals surface area contributed by atoms with Crippen LogP contribution in [0.1, 0.15) is 40.0 Å². The number of rotatable bonds is 5. The monoisotopic (exact) mass is 276 g/mol. The van der Waals surface area contributed by atoms with Crippen molar-refractivity contribution in [3.8, 4) is 0 Å². The molecular weight excluding hydrogens is 248 g/mol. The van der Waals surface area contributed by atoms with E-state index in [1.807, 2.05) is 0 Å². The van der Waals surface area contributed by atoms with Crippen molar-refractivity contribution in [3.63, 3.8) is 0 Å². The fourth-order valence-electron chi connectivity index (χ4n) is 2.66. The second-order valence-electron chi connectivity index (χ2n) is 5.75. The predicted octanol–water partition coefficient (Wildman–Crippen LogP) is 1.68. The first-order valence-electron chi connectivity index (χ1n) is 7.03. The molecule has 0 bridgehead atoms. The molecule has 2 atom stereocenters. The van der Waals surface area contributed by atoms with Crippen LogP contribution in [-0.4, -0.2) is 44.7 Å². The summed E-state index contributed by atoms with van der Waals surface area (Å²) in [5.74, 6) is 1.33. The molecule has 1 fully saturated rings. The highest BCUT2D eigenvalue weighted by molar-refractivity contribution is 7.89. The lowest BCUT2D eigenvalue weighted by atomic mass is 9.89. The Morgan fingerprint density at radius 3 is 2.44 bits per heavy atom. The third kappa shape index (κ3) is 3.93. The lowest BCUT2D eigenvalue weighted by Crippen LogP contribution is -2.42. The third-order valence-electron chi connectivity index (χ3n) is 4.03. The van der Waals surface area contributed by atoms with Gasteiger partial charge in [-0.3, -0.25) is 0 Å². The second kappa shape index (κ2) is 6.87. The molecular formula is C13H28N2O2S. The summed E-state index contributed by atoms with van der Waals surface area (Å²) in [6, 6.07) is 0. The van der Waals surface area contributed by atoms with E-state index in [1.165, 1.54) is 0 Å². The number of sulfonamides is 1. The molecule has 1 rings (SSSR count). The molecule has 1 saturated heterocycles. The van der Waals surface area contributed by atoms with Gasteiger partial charge in [-0.05, 0) is 45.1 Å². The Kier molecular flexibility index (Phi) is 6.08. The van der Waals surface area contributed by atoms with Crippen molar-refractivity contribution < 1.29 is 8.42 Å². The number of hydrogen-bond donors (Lipinski definition) is 1. The van der Waals surface area contributed by atoms with E-state index < -0.39 is 10.0 Å². The van der Waals surface area contributed by atoms with Crippen molar-refractivity contribution in [2.75, 3.05) is 26.7 Å². The molecule has 0 saturated carbocycles. The second-order valence-corrected chi connectivity index (χ2v) is 8.10. The molecule has 0 amide bonds. The third-order valence-corrected chi connectivity index (χ3v) is 6.30. The van der Waals surface area contributed by atoms with Crippen LogP contribution in [0.4, 0.5) is 0 Å². The van der Waals surface area contributed by atoms with Crippen LogP contribution in [-0.2, 0) is 10.0 Å². The molecule has 0 aliphatic carbocycles. The lowest BCUT2D eigenvalue weighted by molar-refractivity contribution is 0.340. The van der Waals surface area contributed by atoms with Gasteiger partial charge in [-0.25, -0.2) is 12.7 Å². The van der Waals surface area contributed by atoms with E-state index in [4.69, 9.17) is 0 Å². The maximum absolute atomic E-state index is 12.4. The highest BCUT2D eigenvalue weighted by Crippen LogP contribution is 2.26. The van der Waals surface area contributed by atoms with Gasteiger partial charge in [0.2, 0.25) is 10.0 Å². The fourth-order valence-corrected chi connectivity index (χ4v) is 4.29. The fraction of sp³-hybridized carbons (Fsp3) is 1.00. The number of nitrogens with one attached hydrogen (secondary N) is 1. The van der Waals surface area contributed by atoms with Crippen LogP contribution in [0.25, 0.3) is 0 Å². The summed E-state index contributed by atoms with van der Waals surface area (Å²) in [5.41, 5.74) is 0.